The second-order valence-electron chi connectivity index (χ2n) is 9.01. The quantitative estimate of drug-likeness (QED) is 0.759. The lowest BCUT2D eigenvalue weighted by molar-refractivity contribution is -0.0656. The van der Waals surface area contributed by atoms with Gasteiger partial charge in [0, 0.05) is 11.0 Å². The Kier molecular flexibility index (Phi) is 4.08. The first-order valence-electron chi connectivity index (χ1n) is 9.34. The molecule has 27 heavy (non-hydrogen) atoms. The van der Waals surface area contributed by atoms with Crippen LogP contribution in [0.1, 0.15) is 47.2 Å². The molecular weight excluding hydrogens is 346 g/mol. The third-order valence-electron chi connectivity index (χ3n) is 5.84. The fourth-order valence-electron chi connectivity index (χ4n) is 3.49. The number of hydrogen-bond donors (Lipinski definition) is 0. The molecule has 1 fully saturated rings. The highest BCUT2D eigenvalue weighted by Crippen LogP contribution is 2.38. The molecule has 144 valence electrons. The highest BCUT2D eigenvalue weighted by molar-refractivity contribution is 6.64. The maximum atomic E-state index is 13.4. The minimum absolute atomic E-state index is 0.274. The van der Waals surface area contributed by atoms with Crippen LogP contribution in [0.2, 0.25) is 0 Å². The van der Waals surface area contributed by atoms with E-state index in [-0.39, 0.29) is 11.4 Å². The van der Waals surface area contributed by atoms with Crippen molar-refractivity contribution < 1.29 is 18.4 Å². The van der Waals surface area contributed by atoms with E-state index >= 15 is 0 Å². The first kappa shape index (κ1) is 18.7. The maximum Gasteiger partial charge on any atom is 0.499 e. The van der Waals surface area contributed by atoms with Gasteiger partial charge < -0.3 is 14.0 Å². The molecule has 1 saturated heterocycles. The van der Waals surface area contributed by atoms with Crippen LogP contribution in [-0.4, -0.2) is 33.7 Å². The second kappa shape index (κ2) is 5.90. The van der Waals surface area contributed by atoms with Gasteiger partial charge in [0.1, 0.15) is 5.82 Å². The zero-order chi connectivity index (χ0) is 19.6. The number of hydrogen-bond acceptors (Lipinski definition) is 4. The smallest absolute Gasteiger partial charge is 0.399 e. The van der Waals surface area contributed by atoms with E-state index < -0.39 is 18.3 Å². The zero-order valence-electron chi connectivity index (χ0n) is 16.8. The molecule has 2 aliphatic rings. The van der Waals surface area contributed by atoms with E-state index in [1.165, 1.54) is 12.1 Å². The fourth-order valence-corrected chi connectivity index (χ4v) is 3.49. The molecule has 0 aliphatic carbocycles. The molecule has 1 aromatic carbocycles. The molecule has 0 saturated carbocycles. The molecule has 0 unspecified atom stereocenters. The summed E-state index contributed by atoms with van der Waals surface area (Å²) in [6, 6.07) is 6.37. The van der Waals surface area contributed by atoms with E-state index in [1.54, 1.807) is 12.1 Å². The van der Waals surface area contributed by atoms with Gasteiger partial charge in [-0.25, -0.2) is 4.39 Å². The van der Waals surface area contributed by atoms with E-state index in [2.05, 4.69) is 0 Å². The van der Waals surface area contributed by atoms with E-state index in [0.29, 0.717) is 13.2 Å². The summed E-state index contributed by atoms with van der Waals surface area (Å²) in [5, 5.41) is 4.84. The molecule has 4 rings (SSSR count). The lowest BCUT2D eigenvalue weighted by Gasteiger charge is -2.32. The molecule has 0 atom stereocenters. The van der Waals surface area contributed by atoms with Crippen molar-refractivity contribution in [3.8, 4) is 11.3 Å². The van der Waals surface area contributed by atoms with Gasteiger partial charge >= 0.3 is 7.12 Å². The van der Waals surface area contributed by atoms with Crippen LogP contribution in [0.25, 0.3) is 11.3 Å². The number of nitrogens with zero attached hydrogens (tertiary/aromatic N) is 2. The summed E-state index contributed by atoms with van der Waals surface area (Å²) in [4.78, 5) is 0. The fraction of sp³-hybridized carbons (Fsp3) is 0.550. The number of aromatic nitrogens is 2. The van der Waals surface area contributed by atoms with Gasteiger partial charge in [-0.3, -0.25) is 4.68 Å². The number of fused-ring (bicyclic) bond motifs is 1. The highest BCUT2D eigenvalue weighted by atomic mass is 19.1. The van der Waals surface area contributed by atoms with E-state index in [9.17, 15) is 4.39 Å². The van der Waals surface area contributed by atoms with Crippen LogP contribution < -0.4 is 5.46 Å². The average Bonchev–Trinajstić information content (AvgIpc) is 3.00. The van der Waals surface area contributed by atoms with Crippen molar-refractivity contribution >= 4 is 12.6 Å². The Labute approximate surface area is 159 Å². The largest absolute Gasteiger partial charge is 0.499 e. The summed E-state index contributed by atoms with van der Waals surface area (Å²) < 4.78 is 34.1. The Morgan fingerprint density at radius 2 is 1.59 bits per heavy atom. The van der Waals surface area contributed by atoms with Gasteiger partial charge in [0.25, 0.3) is 0 Å². The maximum absolute atomic E-state index is 13.4. The van der Waals surface area contributed by atoms with Crippen LogP contribution in [0.3, 0.4) is 0 Å². The van der Waals surface area contributed by atoms with Gasteiger partial charge in [0.05, 0.1) is 41.3 Å². The van der Waals surface area contributed by atoms with E-state index in [0.717, 1.165) is 22.4 Å². The van der Waals surface area contributed by atoms with Crippen LogP contribution >= 0.6 is 0 Å². The van der Waals surface area contributed by atoms with Crippen molar-refractivity contribution in [2.45, 2.75) is 71.5 Å². The van der Waals surface area contributed by atoms with Crippen LogP contribution in [0.4, 0.5) is 4.39 Å². The van der Waals surface area contributed by atoms with Crippen LogP contribution in [0.15, 0.2) is 24.3 Å². The van der Waals surface area contributed by atoms with Crippen LogP contribution in [0.5, 0.6) is 0 Å². The minimum atomic E-state index is -0.552. The average molecular weight is 372 g/mol. The van der Waals surface area contributed by atoms with Gasteiger partial charge in [-0.15, -0.1) is 0 Å². The van der Waals surface area contributed by atoms with Gasteiger partial charge in [-0.1, -0.05) is 0 Å². The standard InChI is InChI=1S/C20H26BFN2O3/c1-18(2)12-24-15(11-25-18)16(21-26-19(3,4)20(5,6)27-21)17(23-24)13-7-9-14(22)10-8-13/h7-10H,11-12H2,1-6H3. The normalized spacial score (nSPS) is 22.7. The highest BCUT2D eigenvalue weighted by Gasteiger charge is 2.54. The zero-order valence-corrected chi connectivity index (χ0v) is 16.8. The second-order valence-corrected chi connectivity index (χ2v) is 9.01. The van der Waals surface area contributed by atoms with Crippen molar-refractivity contribution in [3.05, 3.63) is 35.8 Å². The predicted molar refractivity (Wildman–Crippen MR) is 102 cm³/mol. The summed E-state index contributed by atoms with van der Waals surface area (Å²) >= 11 is 0. The lowest BCUT2D eigenvalue weighted by atomic mass is 9.75. The molecule has 0 amide bonds. The Balaban J connectivity index is 1.85. The summed E-state index contributed by atoms with van der Waals surface area (Å²) in [5.74, 6) is -0.274. The van der Waals surface area contributed by atoms with Gasteiger partial charge in [0.15, 0.2) is 0 Å². The molecule has 0 radical (unpaired) electrons. The Bertz CT molecular complexity index is 858. The Hall–Kier alpha value is -1.70. The third-order valence-corrected chi connectivity index (χ3v) is 5.84. The summed E-state index contributed by atoms with van der Waals surface area (Å²) in [6.07, 6.45) is 0. The molecule has 3 heterocycles. The SMILES string of the molecule is CC1(C)Cn2nc(-c3ccc(F)cc3)c(B3OC(C)(C)C(C)(C)O3)c2CO1. The van der Waals surface area contributed by atoms with Crippen LogP contribution in [-0.2, 0) is 27.2 Å². The van der Waals surface area contributed by atoms with Gasteiger partial charge in [0.2, 0.25) is 0 Å². The van der Waals surface area contributed by atoms with E-state index in [4.69, 9.17) is 19.1 Å². The van der Waals surface area contributed by atoms with Crippen molar-refractivity contribution in [2.24, 2.45) is 0 Å². The molecular formula is C20H26BFN2O3. The monoisotopic (exact) mass is 372 g/mol. The van der Waals surface area contributed by atoms with Gasteiger partial charge in [-0.05, 0) is 65.8 Å². The Morgan fingerprint density at radius 1 is 1.00 bits per heavy atom. The first-order chi connectivity index (χ1) is 12.5. The van der Waals surface area contributed by atoms with E-state index in [1.807, 2.05) is 46.2 Å². The first-order valence-corrected chi connectivity index (χ1v) is 9.34. The third kappa shape index (κ3) is 3.11. The minimum Gasteiger partial charge on any atom is -0.399 e. The topological polar surface area (TPSA) is 45.5 Å². The molecule has 2 aliphatic heterocycles. The predicted octanol–water partition coefficient (Wildman–Crippen LogP) is 3.30. The van der Waals surface area contributed by atoms with Crippen molar-refractivity contribution in [3.63, 3.8) is 0 Å². The number of halogens is 1. The lowest BCUT2D eigenvalue weighted by Crippen LogP contribution is -2.42. The molecule has 0 spiro atoms. The van der Waals surface area contributed by atoms with Crippen LogP contribution in [0, 0.1) is 5.82 Å². The summed E-state index contributed by atoms with van der Waals surface area (Å²) in [6.45, 7) is 13.3. The van der Waals surface area contributed by atoms with Gasteiger partial charge in [-0.2, -0.15) is 5.10 Å². The summed E-state index contributed by atoms with van der Waals surface area (Å²) in [5.41, 5.74) is 2.20. The van der Waals surface area contributed by atoms with Crippen molar-refractivity contribution in [1.82, 2.24) is 9.78 Å². The molecule has 5 nitrogen and oxygen atoms in total. The molecule has 7 heteroatoms. The Morgan fingerprint density at radius 3 is 2.19 bits per heavy atom. The number of benzene rings is 1. The van der Waals surface area contributed by atoms with Crippen molar-refractivity contribution in [2.75, 3.05) is 0 Å². The molecule has 0 bridgehead atoms. The molecule has 2 aromatic rings. The van der Waals surface area contributed by atoms with Crippen molar-refractivity contribution in [1.29, 1.82) is 0 Å². The number of ether oxygens (including phenoxy) is 1. The summed E-state index contributed by atoms with van der Waals surface area (Å²) in [7, 11) is -0.552. The molecule has 0 N–H and O–H groups in total. The number of rotatable bonds is 2. The molecule has 1 aromatic heterocycles.